The average Bonchev–Trinajstić information content (AvgIpc) is 2.61. The highest BCUT2D eigenvalue weighted by Gasteiger charge is 2.21. The Morgan fingerprint density at radius 1 is 0.885 bits per heavy atom. The van der Waals surface area contributed by atoms with Crippen LogP contribution in [0.3, 0.4) is 0 Å². The van der Waals surface area contributed by atoms with Crippen LogP contribution in [0.15, 0.2) is 78.9 Å². The molecule has 0 aliphatic carbocycles. The fraction of sp³-hybridized carbons (Fsp3) is 0.143. The molecule has 0 aliphatic heterocycles. The largest absolute Gasteiger partial charge is 0.216 e. The Balaban J connectivity index is 1.91. The van der Waals surface area contributed by atoms with Gasteiger partial charge in [0.1, 0.15) is 0 Å². The van der Waals surface area contributed by atoms with Crippen LogP contribution in [0, 0.1) is 6.92 Å². The Labute approximate surface area is 159 Å². The Hall–Kier alpha value is -2.14. The normalized spacial score (nSPS) is 12.7. The van der Waals surface area contributed by atoms with E-state index in [1.807, 2.05) is 61.5 Å². The minimum atomic E-state index is -3.57. The molecule has 0 unspecified atom stereocenters. The molecule has 1 atom stereocenters. The van der Waals surface area contributed by atoms with Gasteiger partial charge >= 0.3 is 0 Å². The van der Waals surface area contributed by atoms with Gasteiger partial charge in [0.05, 0.1) is 11.8 Å². The first-order valence-electron chi connectivity index (χ1n) is 8.29. The van der Waals surface area contributed by atoms with E-state index in [1.54, 1.807) is 24.3 Å². The van der Waals surface area contributed by atoms with Crippen molar-refractivity contribution in [1.29, 1.82) is 0 Å². The van der Waals surface area contributed by atoms with Gasteiger partial charge in [-0.15, -0.1) is 0 Å². The molecule has 1 N–H and O–H groups in total. The monoisotopic (exact) mass is 385 g/mol. The summed E-state index contributed by atoms with van der Waals surface area (Å²) in [5, 5.41) is 0.524. The molecule has 0 heterocycles. The lowest BCUT2D eigenvalue weighted by atomic mass is 9.99. The summed E-state index contributed by atoms with van der Waals surface area (Å²) in [7, 11) is -3.57. The van der Waals surface area contributed by atoms with Gasteiger partial charge in [-0.2, -0.15) is 0 Å². The van der Waals surface area contributed by atoms with Gasteiger partial charge < -0.3 is 0 Å². The summed E-state index contributed by atoms with van der Waals surface area (Å²) in [5.74, 6) is -0.122. The Bertz CT molecular complexity index is 970. The predicted molar refractivity (Wildman–Crippen MR) is 107 cm³/mol. The number of nitrogens with one attached hydrogen (secondary N) is 1. The first kappa shape index (κ1) is 18.6. The molecule has 3 aromatic carbocycles. The molecule has 0 bridgehead atoms. The number of aryl methyl sites for hydroxylation is 1. The molecule has 134 valence electrons. The molecule has 0 aromatic heterocycles. The molecular weight excluding hydrogens is 366 g/mol. The zero-order valence-electron chi connectivity index (χ0n) is 14.4. The summed E-state index contributed by atoms with van der Waals surface area (Å²) < 4.78 is 28.4. The topological polar surface area (TPSA) is 46.2 Å². The second-order valence-electron chi connectivity index (χ2n) is 6.26. The molecule has 0 aliphatic rings. The van der Waals surface area contributed by atoms with Crippen molar-refractivity contribution < 1.29 is 8.42 Å². The number of sulfonamides is 1. The minimum Gasteiger partial charge on any atom is -0.212 e. The highest BCUT2D eigenvalue weighted by molar-refractivity contribution is 7.88. The zero-order valence-corrected chi connectivity index (χ0v) is 16.0. The van der Waals surface area contributed by atoms with Crippen LogP contribution in [0.5, 0.6) is 0 Å². The van der Waals surface area contributed by atoms with Gasteiger partial charge in [-0.3, -0.25) is 0 Å². The second kappa shape index (κ2) is 8.04. The highest BCUT2D eigenvalue weighted by Crippen LogP contribution is 2.24. The predicted octanol–water partition coefficient (Wildman–Crippen LogP) is 4.86. The van der Waals surface area contributed by atoms with E-state index in [0.29, 0.717) is 10.6 Å². The van der Waals surface area contributed by atoms with E-state index in [-0.39, 0.29) is 5.75 Å². The van der Waals surface area contributed by atoms with Crippen LogP contribution in [0.25, 0.3) is 0 Å². The molecule has 5 heteroatoms. The Morgan fingerprint density at radius 3 is 2.19 bits per heavy atom. The molecule has 0 amide bonds. The maximum Gasteiger partial charge on any atom is 0.216 e. The van der Waals surface area contributed by atoms with E-state index in [4.69, 9.17) is 11.6 Å². The van der Waals surface area contributed by atoms with Crippen LogP contribution in [-0.4, -0.2) is 8.42 Å². The van der Waals surface area contributed by atoms with Gasteiger partial charge in [-0.1, -0.05) is 83.9 Å². The fourth-order valence-electron chi connectivity index (χ4n) is 2.80. The fourth-order valence-corrected chi connectivity index (χ4v) is 4.35. The Morgan fingerprint density at radius 2 is 1.54 bits per heavy atom. The second-order valence-corrected chi connectivity index (χ2v) is 8.45. The molecule has 26 heavy (non-hydrogen) atoms. The molecule has 0 saturated heterocycles. The molecule has 0 spiro atoms. The summed E-state index contributed by atoms with van der Waals surface area (Å²) in [5.41, 5.74) is 3.57. The van der Waals surface area contributed by atoms with Crippen molar-refractivity contribution in [3.8, 4) is 0 Å². The van der Waals surface area contributed by atoms with Gasteiger partial charge in [0.15, 0.2) is 0 Å². The minimum absolute atomic E-state index is 0.122. The highest BCUT2D eigenvalue weighted by atomic mass is 35.5. The van der Waals surface area contributed by atoms with E-state index in [0.717, 1.165) is 16.7 Å². The number of hydrogen-bond donors (Lipinski definition) is 1. The molecular formula is C21H20ClNO2S. The quantitative estimate of drug-likeness (QED) is 0.658. The third-order valence-corrected chi connectivity index (χ3v) is 5.63. The van der Waals surface area contributed by atoms with Gasteiger partial charge in [0.2, 0.25) is 10.0 Å². The summed E-state index contributed by atoms with van der Waals surface area (Å²) >= 11 is 5.97. The lowest BCUT2D eigenvalue weighted by molar-refractivity contribution is 0.571. The number of benzene rings is 3. The molecule has 0 saturated carbocycles. The summed E-state index contributed by atoms with van der Waals surface area (Å²) in [6.07, 6.45) is 0. The van der Waals surface area contributed by atoms with Gasteiger partial charge in [-0.25, -0.2) is 13.1 Å². The van der Waals surface area contributed by atoms with Crippen LogP contribution >= 0.6 is 11.6 Å². The van der Waals surface area contributed by atoms with E-state index in [9.17, 15) is 8.42 Å². The van der Waals surface area contributed by atoms with Crippen LogP contribution < -0.4 is 4.72 Å². The van der Waals surface area contributed by atoms with Crippen molar-refractivity contribution in [3.05, 3.63) is 106 Å². The SMILES string of the molecule is Cc1ccc([C@H](NS(=O)(=O)Cc2cccc(Cl)c2)c2ccccc2)cc1. The van der Waals surface area contributed by atoms with Crippen LogP contribution in [-0.2, 0) is 15.8 Å². The number of rotatable bonds is 6. The van der Waals surface area contributed by atoms with Crippen molar-refractivity contribution >= 4 is 21.6 Å². The summed E-state index contributed by atoms with van der Waals surface area (Å²) in [4.78, 5) is 0. The molecule has 0 radical (unpaired) electrons. The first-order chi connectivity index (χ1) is 12.4. The van der Waals surface area contributed by atoms with E-state index >= 15 is 0 Å². The smallest absolute Gasteiger partial charge is 0.212 e. The Kier molecular flexibility index (Phi) is 5.77. The third kappa shape index (κ3) is 4.94. The van der Waals surface area contributed by atoms with E-state index in [2.05, 4.69) is 4.72 Å². The van der Waals surface area contributed by atoms with Crippen LogP contribution in [0.2, 0.25) is 5.02 Å². The van der Waals surface area contributed by atoms with Gasteiger partial charge in [0, 0.05) is 5.02 Å². The maximum absolute atomic E-state index is 12.8. The zero-order chi connectivity index (χ0) is 18.6. The maximum atomic E-state index is 12.8. The van der Waals surface area contributed by atoms with Crippen molar-refractivity contribution in [2.45, 2.75) is 18.7 Å². The van der Waals surface area contributed by atoms with Crippen molar-refractivity contribution in [1.82, 2.24) is 4.72 Å². The van der Waals surface area contributed by atoms with E-state index in [1.165, 1.54) is 0 Å². The van der Waals surface area contributed by atoms with Crippen molar-refractivity contribution in [2.24, 2.45) is 0 Å². The average molecular weight is 386 g/mol. The van der Waals surface area contributed by atoms with Crippen LogP contribution in [0.1, 0.15) is 28.3 Å². The molecule has 3 aromatic rings. The lowest BCUT2D eigenvalue weighted by Crippen LogP contribution is -2.30. The lowest BCUT2D eigenvalue weighted by Gasteiger charge is -2.20. The van der Waals surface area contributed by atoms with Crippen molar-refractivity contribution in [3.63, 3.8) is 0 Å². The standard InChI is InChI=1S/C21H20ClNO2S/c1-16-10-12-19(13-11-16)21(18-7-3-2-4-8-18)23-26(24,25)15-17-6-5-9-20(22)14-17/h2-14,21,23H,15H2,1H3/t21-/m1/s1. The van der Waals surface area contributed by atoms with Gasteiger partial charge in [-0.05, 0) is 35.7 Å². The summed E-state index contributed by atoms with van der Waals surface area (Å²) in [6.45, 7) is 2.00. The van der Waals surface area contributed by atoms with E-state index < -0.39 is 16.1 Å². The van der Waals surface area contributed by atoms with Crippen LogP contribution in [0.4, 0.5) is 0 Å². The molecule has 3 rings (SSSR count). The number of hydrogen-bond acceptors (Lipinski definition) is 2. The third-order valence-electron chi connectivity index (χ3n) is 4.09. The van der Waals surface area contributed by atoms with Crippen molar-refractivity contribution in [2.75, 3.05) is 0 Å². The summed E-state index contributed by atoms with van der Waals surface area (Å²) in [6, 6.07) is 23.9. The number of halogens is 1. The molecule has 3 nitrogen and oxygen atoms in total. The molecule has 0 fully saturated rings. The first-order valence-corrected chi connectivity index (χ1v) is 10.3. The van der Waals surface area contributed by atoms with Gasteiger partial charge in [0.25, 0.3) is 0 Å².